The number of carboxylic acid groups (broad SMARTS) is 1. The zero-order valence-corrected chi connectivity index (χ0v) is 24.6. The van der Waals surface area contributed by atoms with E-state index < -0.39 is 5.97 Å². The first-order chi connectivity index (χ1) is 20.5. The number of rotatable bonds is 9. The van der Waals surface area contributed by atoms with E-state index in [1.165, 1.54) is 22.9 Å². The predicted octanol–water partition coefficient (Wildman–Crippen LogP) is 5.80. The molecule has 3 aromatic rings. The lowest BCUT2D eigenvalue weighted by atomic mass is 9.98. The van der Waals surface area contributed by atoms with Crippen LogP contribution in [0.4, 0.5) is 4.79 Å². The summed E-state index contributed by atoms with van der Waals surface area (Å²) in [6.07, 6.45) is 5.94. The fraction of sp³-hybridized carbons (Fsp3) is 0.424. The topological polar surface area (TPSA) is 86.2 Å². The molecule has 1 N–H and O–H groups in total. The molecule has 4 heterocycles. The van der Waals surface area contributed by atoms with Gasteiger partial charge in [0.05, 0.1) is 11.6 Å². The van der Waals surface area contributed by atoms with E-state index in [2.05, 4.69) is 50.0 Å². The number of ether oxygens (including phenoxy) is 1. The first-order valence-electron chi connectivity index (χ1n) is 14.9. The monoisotopic (exact) mass is 586 g/mol. The number of amides is 2. The van der Waals surface area contributed by atoms with Crippen LogP contribution in [0.25, 0.3) is 0 Å². The third-order valence-corrected chi connectivity index (χ3v) is 9.66. The molecule has 3 saturated heterocycles. The summed E-state index contributed by atoms with van der Waals surface area (Å²) in [7, 11) is 0. The van der Waals surface area contributed by atoms with E-state index in [1.807, 2.05) is 30.5 Å². The zero-order chi connectivity index (χ0) is 28.9. The fourth-order valence-corrected chi connectivity index (χ4v) is 7.14. The van der Waals surface area contributed by atoms with Crippen LogP contribution in [0.1, 0.15) is 53.2 Å². The van der Waals surface area contributed by atoms with Crippen LogP contribution in [-0.4, -0.2) is 82.2 Å². The summed E-state index contributed by atoms with van der Waals surface area (Å²) < 4.78 is 5.55. The highest BCUT2D eigenvalue weighted by atomic mass is 32.2. The second-order valence-corrected chi connectivity index (χ2v) is 12.6. The smallest absolute Gasteiger partial charge is 0.335 e. The maximum absolute atomic E-state index is 13.8. The van der Waals surface area contributed by atoms with Crippen molar-refractivity contribution in [2.75, 3.05) is 39.4 Å². The molecule has 1 atom stereocenters. The summed E-state index contributed by atoms with van der Waals surface area (Å²) in [5.74, 6) is -0.398. The SMILES string of the molecule is O=C(O)c1ccc(Sc2ccc(CN3CCC(N4C(=O)N(CC5CCOCC5)CC4c4ccccc4)CC3)cn2)cc1. The fourth-order valence-electron chi connectivity index (χ4n) is 6.38. The Balaban J connectivity index is 1.05. The Morgan fingerprint density at radius 1 is 0.952 bits per heavy atom. The van der Waals surface area contributed by atoms with Gasteiger partial charge < -0.3 is 19.6 Å². The number of hydrogen-bond acceptors (Lipinski definition) is 6. The number of pyridine rings is 1. The number of aromatic carboxylic acids is 1. The second-order valence-electron chi connectivity index (χ2n) is 11.5. The Bertz CT molecular complexity index is 1340. The molecular weight excluding hydrogens is 548 g/mol. The highest BCUT2D eigenvalue weighted by molar-refractivity contribution is 7.99. The molecule has 1 unspecified atom stereocenters. The molecule has 8 nitrogen and oxygen atoms in total. The van der Waals surface area contributed by atoms with E-state index >= 15 is 0 Å². The maximum atomic E-state index is 13.8. The Kier molecular flexibility index (Phi) is 9.07. The summed E-state index contributed by atoms with van der Waals surface area (Å²) in [6.45, 7) is 5.93. The van der Waals surface area contributed by atoms with Crippen LogP contribution in [0.15, 0.2) is 82.8 Å². The molecule has 2 amide bonds. The summed E-state index contributed by atoms with van der Waals surface area (Å²) in [5, 5.41) is 9.97. The highest BCUT2D eigenvalue weighted by Crippen LogP contribution is 2.36. The van der Waals surface area contributed by atoms with E-state index in [4.69, 9.17) is 9.84 Å². The van der Waals surface area contributed by atoms with Crippen molar-refractivity contribution in [2.24, 2.45) is 5.92 Å². The van der Waals surface area contributed by atoms with Gasteiger partial charge in [-0.05, 0) is 73.1 Å². The van der Waals surface area contributed by atoms with Crippen molar-refractivity contribution in [3.05, 3.63) is 89.6 Å². The van der Waals surface area contributed by atoms with Crippen molar-refractivity contribution in [1.29, 1.82) is 0 Å². The number of likely N-dealkylation sites (tertiary alicyclic amines) is 1. The number of carbonyl (C=O) groups is 2. The Labute approximate surface area is 251 Å². The normalized spacial score (nSPS) is 20.8. The van der Waals surface area contributed by atoms with Crippen molar-refractivity contribution in [3.63, 3.8) is 0 Å². The molecule has 3 fully saturated rings. The van der Waals surface area contributed by atoms with Gasteiger partial charge in [-0.3, -0.25) is 4.90 Å². The molecule has 9 heteroatoms. The van der Waals surface area contributed by atoms with Gasteiger partial charge in [-0.1, -0.05) is 48.2 Å². The number of benzene rings is 2. The average molecular weight is 587 g/mol. The molecule has 0 bridgehead atoms. The molecule has 1 aromatic heterocycles. The molecule has 0 saturated carbocycles. The predicted molar refractivity (Wildman–Crippen MR) is 162 cm³/mol. The van der Waals surface area contributed by atoms with Crippen molar-refractivity contribution < 1.29 is 19.4 Å². The molecule has 220 valence electrons. The molecule has 0 spiro atoms. The number of piperidine rings is 1. The molecule has 6 rings (SSSR count). The van der Waals surface area contributed by atoms with Crippen molar-refractivity contribution in [1.82, 2.24) is 19.7 Å². The molecule has 3 aliphatic heterocycles. The Morgan fingerprint density at radius 2 is 1.69 bits per heavy atom. The van der Waals surface area contributed by atoms with E-state index in [1.54, 1.807) is 12.1 Å². The number of hydrogen-bond donors (Lipinski definition) is 1. The van der Waals surface area contributed by atoms with Crippen LogP contribution in [0.5, 0.6) is 0 Å². The van der Waals surface area contributed by atoms with Gasteiger partial charge in [-0.2, -0.15) is 0 Å². The van der Waals surface area contributed by atoms with Gasteiger partial charge in [0.2, 0.25) is 0 Å². The molecule has 0 radical (unpaired) electrons. The quantitative estimate of drug-likeness (QED) is 0.339. The summed E-state index contributed by atoms with van der Waals surface area (Å²) >= 11 is 1.52. The van der Waals surface area contributed by atoms with Crippen LogP contribution < -0.4 is 0 Å². The Hall–Kier alpha value is -3.40. The van der Waals surface area contributed by atoms with Gasteiger partial charge in [0.25, 0.3) is 0 Å². The van der Waals surface area contributed by atoms with Crippen LogP contribution in [-0.2, 0) is 11.3 Å². The van der Waals surface area contributed by atoms with Gasteiger partial charge in [0.15, 0.2) is 0 Å². The third kappa shape index (κ3) is 6.80. The van der Waals surface area contributed by atoms with Crippen molar-refractivity contribution in [3.8, 4) is 0 Å². The third-order valence-electron chi connectivity index (χ3n) is 8.70. The van der Waals surface area contributed by atoms with Crippen LogP contribution in [0.3, 0.4) is 0 Å². The number of carboxylic acids is 1. The zero-order valence-electron chi connectivity index (χ0n) is 23.8. The molecule has 2 aromatic carbocycles. The first kappa shape index (κ1) is 28.7. The van der Waals surface area contributed by atoms with Gasteiger partial charge >= 0.3 is 12.0 Å². The molecule has 42 heavy (non-hydrogen) atoms. The van der Waals surface area contributed by atoms with Crippen LogP contribution in [0.2, 0.25) is 0 Å². The lowest BCUT2D eigenvalue weighted by Gasteiger charge is -2.39. The summed E-state index contributed by atoms with van der Waals surface area (Å²) in [4.78, 5) is 37.2. The number of aromatic nitrogens is 1. The van der Waals surface area contributed by atoms with Gasteiger partial charge in [0, 0.05) is 63.1 Å². The minimum atomic E-state index is -0.923. The minimum absolute atomic E-state index is 0.102. The van der Waals surface area contributed by atoms with Crippen LogP contribution >= 0.6 is 11.8 Å². The van der Waals surface area contributed by atoms with E-state index in [-0.39, 0.29) is 23.7 Å². The second kappa shape index (κ2) is 13.3. The van der Waals surface area contributed by atoms with Crippen molar-refractivity contribution in [2.45, 2.75) is 54.2 Å². The molecular formula is C33H38N4O4S. The number of carbonyl (C=O) groups excluding carboxylic acids is 1. The van der Waals surface area contributed by atoms with E-state index in [0.717, 1.165) is 81.5 Å². The highest BCUT2D eigenvalue weighted by Gasteiger charge is 2.43. The lowest BCUT2D eigenvalue weighted by molar-refractivity contribution is 0.0574. The Morgan fingerprint density at radius 3 is 2.36 bits per heavy atom. The minimum Gasteiger partial charge on any atom is -0.478 e. The van der Waals surface area contributed by atoms with Gasteiger partial charge in [0.1, 0.15) is 5.03 Å². The number of urea groups is 1. The first-order valence-corrected chi connectivity index (χ1v) is 15.7. The number of nitrogens with zero attached hydrogens (tertiary/aromatic N) is 4. The average Bonchev–Trinajstić information content (AvgIpc) is 3.35. The molecule has 3 aliphatic rings. The van der Waals surface area contributed by atoms with Crippen LogP contribution in [0, 0.1) is 5.92 Å². The van der Waals surface area contributed by atoms with Gasteiger partial charge in [-0.15, -0.1) is 0 Å². The van der Waals surface area contributed by atoms with E-state index in [9.17, 15) is 9.59 Å². The molecule has 0 aliphatic carbocycles. The summed E-state index contributed by atoms with van der Waals surface area (Å²) in [6, 6.07) is 22.1. The van der Waals surface area contributed by atoms with Crippen molar-refractivity contribution >= 4 is 23.8 Å². The van der Waals surface area contributed by atoms with E-state index in [0.29, 0.717) is 5.92 Å². The standard InChI is InChI=1S/C33H38N4O4S/c38-32(39)27-7-9-29(10-8-27)42-31-11-6-25(20-34-31)21-35-16-12-28(13-17-35)37-30(26-4-2-1-3-5-26)23-36(33(37)40)22-24-14-18-41-19-15-24/h1-11,20,24,28,30H,12-19,21-23H2,(H,38,39). The maximum Gasteiger partial charge on any atom is 0.335 e. The lowest BCUT2D eigenvalue weighted by Crippen LogP contribution is -2.47. The van der Waals surface area contributed by atoms with Gasteiger partial charge in [-0.25, -0.2) is 14.6 Å². The summed E-state index contributed by atoms with van der Waals surface area (Å²) in [5.41, 5.74) is 2.68. The largest absolute Gasteiger partial charge is 0.478 e.